The second-order valence-electron chi connectivity index (χ2n) is 8.07. The minimum absolute atomic E-state index is 0.194. The standard InChI is InChI=1S/C27H25N3O5/c1-35-21-10-7-19(8-11-21)16-28-24(31)17-29-25(32)20-9-12-22-23(15-20)27(34)30(26(22)33)14-13-18-5-3-2-4-6-18/h2-12,15H,13-14,16-17H2,1H3,(H,28,31)(H,29,32). The Bertz CT molecular complexity index is 1260. The number of ether oxygens (including phenoxy) is 1. The largest absolute Gasteiger partial charge is 0.497 e. The Labute approximate surface area is 202 Å². The first-order chi connectivity index (χ1) is 17.0. The van der Waals surface area contributed by atoms with E-state index in [9.17, 15) is 19.2 Å². The maximum absolute atomic E-state index is 12.8. The van der Waals surface area contributed by atoms with Crippen LogP contribution in [0, 0.1) is 0 Å². The second kappa shape index (κ2) is 10.6. The van der Waals surface area contributed by atoms with E-state index in [0.29, 0.717) is 13.0 Å². The van der Waals surface area contributed by atoms with Crippen LogP contribution in [-0.2, 0) is 17.8 Å². The third-order valence-corrected chi connectivity index (χ3v) is 5.76. The van der Waals surface area contributed by atoms with Crippen LogP contribution in [0.15, 0.2) is 72.8 Å². The van der Waals surface area contributed by atoms with Crippen LogP contribution < -0.4 is 15.4 Å². The first kappa shape index (κ1) is 23.7. The second-order valence-corrected chi connectivity index (χ2v) is 8.07. The summed E-state index contributed by atoms with van der Waals surface area (Å²) in [7, 11) is 1.58. The lowest BCUT2D eigenvalue weighted by Gasteiger charge is -2.13. The quantitative estimate of drug-likeness (QED) is 0.467. The molecule has 35 heavy (non-hydrogen) atoms. The molecule has 0 aromatic heterocycles. The van der Waals surface area contributed by atoms with Gasteiger partial charge < -0.3 is 15.4 Å². The van der Waals surface area contributed by atoms with E-state index in [1.807, 2.05) is 42.5 Å². The van der Waals surface area contributed by atoms with Gasteiger partial charge in [0.05, 0.1) is 24.8 Å². The molecule has 0 unspecified atom stereocenters. The molecule has 3 aromatic carbocycles. The van der Waals surface area contributed by atoms with E-state index in [4.69, 9.17) is 4.74 Å². The summed E-state index contributed by atoms with van der Waals surface area (Å²) in [5.74, 6) is -0.927. The Hall–Kier alpha value is -4.46. The van der Waals surface area contributed by atoms with E-state index < -0.39 is 11.8 Å². The summed E-state index contributed by atoms with van der Waals surface area (Å²) in [5, 5.41) is 5.28. The van der Waals surface area contributed by atoms with Crippen molar-refractivity contribution in [3.05, 3.63) is 101 Å². The zero-order valence-electron chi connectivity index (χ0n) is 19.2. The van der Waals surface area contributed by atoms with Crippen LogP contribution in [0.4, 0.5) is 0 Å². The number of carbonyl (C=O) groups excluding carboxylic acids is 4. The summed E-state index contributed by atoms with van der Waals surface area (Å²) in [5.41, 5.74) is 2.59. The average Bonchev–Trinajstić information content (AvgIpc) is 3.14. The van der Waals surface area contributed by atoms with Crippen LogP contribution in [0.5, 0.6) is 5.75 Å². The average molecular weight is 472 g/mol. The molecule has 0 radical (unpaired) electrons. The molecule has 0 bridgehead atoms. The van der Waals surface area contributed by atoms with Crippen molar-refractivity contribution in [2.75, 3.05) is 20.2 Å². The lowest BCUT2D eigenvalue weighted by Crippen LogP contribution is -2.36. The Morgan fingerprint density at radius 1 is 0.829 bits per heavy atom. The smallest absolute Gasteiger partial charge is 0.261 e. The molecule has 3 aromatic rings. The Morgan fingerprint density at radius 2 is 1.54 bits per heavy atom. The van der Waals surface area contributed by atoms with Crippen molar-refractivity contribution in [1.82, 2.24) is 15.5 Å². The highest BCUT2D eigenvalue weighted by Crippen LogP contribution is 2.24. The number of hydrogen-bond acceptors (Lipinski definition) is 5. The zero-order valence-corrected chi connectivity index (χ0v) is 19.2. The number of carbonyl (C=O) groups is 4. The van der Waals surface area contributed by atoms with Gasteiger partial charge in [-0.15, -0.1) is 0 Å². The Morgan fingerprint density at radius 3 is 2.26 bits per heavy atom. The summed E-state index contributed by atoms with van der Waals surface area (Å²) < 4.78 is 5.10. The number of nitrogens with one attached hydrogen (secondary N) is 2. The van der Waals surface area contributed by atoms with Gasteiger partial charge in [-0.1, -0.05) is 42.5 Å². The summed E-state index contributed by atoms with van der Waals surface area (Å²) >= 11 is 0. The summed E-state index contributed by atoms with van der Waals surface area (Å²) in [6.07, 6.45) is 0.547. The highest BCUT2D eigenvalue weighted by atomic mass is 16.5. The predicted molar refractivity (Wildman–Crippen MR) is 129 cm³/mol. The fourth-order valence-corrected chi connectivity index (χ4v) is 3.79. The molecule has 2 N–H and O–H groups in total. The van der Waals surface area contributed by atoms with Gasteiger partial charge in [-0.25, -0.2) is 0 Å². The maximum atomic E-state index is 12.8. The molecule has 0 saturated heterocycles. The van der Waals surface area contributed by atoms with Crippen LogP contribution in [0.25, 0.3) is 0 Å². The van der Waals surface area contributed by atoms with Gasteiger partial charge in [0.25, 0.3) is 17.7 Å². The number of imide groups is 1. The zero-order chi connectivity index (χ0) is 24.8. The van der Waals surface area contributed by atoms with Gasteiger partial charge in [0.15, 0.2) is 0 Å². The summed E-state index contributed by atoms with van der Waals surface area (Å²) in [6.45, 7) is 0.349. The lowest BCUT2D eigenvalue weighted by molar-refractivity contribution is -0.120. The van der Waals surface area contributed by atoms with Crippen molar-refractivity contribution in [2.45, 2.75) is 13.0 Å². The first-order valence-electron chi connectivity index (χ1n) is 11.2. The highest BCUT2D eigenvalue weighted by molar-refractivity contribution is 6.22. The molecular formula is C27H25N3O5. The normalized spacial score (nSPS) is 12.3. The first-order valence-corrected chi connectivity index (χ1v) is 11.2. The van der Waals surface area contributed by atoms with Crippen LogP contribution in [0.2, 0.25) is 0 Å². The van der Waals surface area contributed by atoms with Crippen molar-refractivity contribution >= 4 is 23.6 Å². The van der Waals surface area contributed by atoms with E-state index in [1.165, 1.54) is 23.1 Å². The summed E-state index contributed by atoms with van der Waals surface area (Å²) in [6, 6.07) is 21.2. The van der Waals surface area contributed by atoms with Crippen LogP contribution >= 0.6 is 0 Å². The minimum Gasteiger partial charge on any atom is -0.497 e. The molecule has 0 aliphatic carbocycles. The lowest BCUT2D eigenvalue weighted by atomic mass is 10.1. The molecule has 0 spiro atoms. The molecule has 178 valence electrons. The number of methoxy groups -OCH3 is 1. The molecule has 1 heterocycles. The van der Waals surface area contributed by atoms with Gasteiger partial charge in [-0.05, 0) is 47.9 Å². The Kier molecular flexibility index (Phi) is 7.21. The third kappa shape index (κ3) is 5.55. The molecule has 4 rings (SSSR count). The SMILES string of the molecule is COc1ccc(CNC(=O)CNC(=O)c2ccc3c(c2)C(=O)N(CCc2ccccc2)C3=O)cc1. The van der Waals surface area contributed by atoms with Crippen molar-refractivity contribution in [1.29, 1.82) is 0 Å². The number of fused-ring (bicyclic) bond motifs is 1. The number of benzene rings is 3. The number of nitrogens with zero attached hydrogens (tertiary/aromatic N) is 1. The monoisotopic (exact) mass is 471 g/mol. The van der Waals surface area contributed by atoms with Crippen LogP contribution in [0.1, 0.15) is 42.2 Å². The molecule has 8 nitrogen and oxygen atoms in total. The van der Waals surface area contributed by atoms with Crippen molar-refractivity contribution in [3.8, 4) is 5.75 Å². The maximum Gasteiger partial charge on any atom is 0.261 e. The highest BCUT2D eigenvalue weighted by Gasteiger charge is 2.35. The third-order valence-electron chi connectivity index (χ3n) is 5.76. The molecule has 0 fully saturated rings. The van der Waals surface area contributed by atoms with Crippen LogP contribution in [-0.4, -0.2) is 48.7 Å². The molecule has 1 aliphatic rings. The van der Waals surface area contributed by atoms with E-state index in [1.54, 1.807) is 19.2 Å². The molecule has 1 aliphatic heterocycles. The van der Waals surface area contributed by atoms with Gasteiger partial charge in [-0.2, -0.15) is 0 Å². The van der Waals surface area contributed by atoms with E-state index in [2.05, 4.69) is 10.6 Å². The van der Waals surface area contributed by atoms with E-state index in [-0.39, 0.29) is 41.6 Å². The van der Waals surface area contributed by atoms with Gasteiger partial charge in [0.1, 0.15) is 5.75 Å². The van der Waals surface area contributed by atoms with Crippen molar-refractivity contribution in [3.63, 3.8) is 0 Å². The molecule has 4 amide bonds. The van der Waals surface area contributed by atoms with Gasteiger partial charge in [-0.3, -0.25) is 24.1 Å². The van der Waals surface area contributed by atoms with E-state index >= 15 is 0 Å². The number of hydrogen-bond donors (Lipinski definition) is 2. The predicted octanol–water partition coefficient (Wildman–Crippen LogP) is 2.58. The van der Waals surface area contributed by atoms with Crippen molar-refractivity contribution in [2.24, 2.45) is 0 Å². The molecular weight excluding hydrogens is 446 g/mol. The summed E-state index contributed by atoms with van der Waals surface area (Å²) in [4.78, 5) is 51.4. The van der Waals surface area contributed by atoms with Gasteiger partial charge in [0.2, 0.25) is 5.91 Å². The fourth-order valence-electron chi connectivity index (χ4n) is 3.79. The van der Waals surface area contributed by atoms with Crippen molar-refractivity contribution < 1.29 is 23.9 Å². The van der Waals surface area contributed by atoms with Crippen LogP contribution in [0.3, 0.4) is 0 Å². The minimum atomic E-state index is -0.504. The topological polar surface area (TPSA) is 105 Å². The molecule has 0 atom stereocenters. The Balaban J connectivity index is 1.31. The fraction of sp³-hybridized carbons (Fsp3) is 0.185. The van der Waals surface area contributed by atoms with Gasteiger partial charge in [0, 0.05) is 18.7 Å². The van der Waals surface area contributed by atoms with E-state index in [0.717, 1.165) is 16.9 Å². The number of rotatable bonds is 9. The molecule has 8 heteroatoms. The molecule has 0 saturated carbocycles. The number of amides is 4. The van der Waals surface area contributed by atoms with Gasteiger partial charge >= 0.3 is 0 Å².